The van der Waals surface area contributed by atoms with Crippen molar-refractivity contribution >= 4 is 51.6 Å². The summed E-state index contributed by atoms with van der Waals surface area (Å²) < 4.78 is 2.13. The number of β-lactam (4-membered cyclic amide) rings is 1. The molecule has 2 saturated heterocycles. The van der Waals surface area contributed by atoms with E-state index in [9.17, 15) is 19.8 Å². The molecule has 5 rings (SSSR count). The van der Waals surface area contributed by atoms with Gasteiger partial charge in [-0.05, 0) is 26.0 Å². The maximum Gasteiger partial charge on any atom is 0.353 e. The molecule has 3 aliphatic heterocycles. The van der Waals surface area contributed by atoms with Crippen molar-refractivity contribution in [2.45, 2.75) is 55.3 Å². The largest absolute Gasteiger partial charge is 0.477 e. The summed E-state index contributed by atoms with van der Waals surface area (Å²) in [4.78, 5) is 33.6. The molecule has 0 unspecified atom stereocenters. The van der Waals surface area contributed by atoms with E-state index in [1.165, 1.54) is 9.78 Å². The minimum absolute atomic E-state index is 0.0843. The number of aromatic nitrogens is 2. The van der Waals surface area contributed by atoms with Gasteiger partial charge in [0.25, 0.3) is 0 Å². The van der Waals surface area contributed by atoms with E-state index in [2.05, 4.69) is 20.9 Å². The van der Waals surface area contributed by atoms with Crippen molar-refractivity contribution in [1.82, 2.24) is 19.6 Å². The zero-order valence-electron chi connectivity index (χ0n) is 18.0. The van der Waals surface area contributed by atoms with E-state index in [1.807, 2.05) is 19.4 Å². The summed E-state index contributed by atoms with van der Waals surface area (Å²) in [5.74, 6) is -1.94. The summed E-state index contributed by atoms with van der Waals surface area (Å²) in [6.45, 7) is 4.39. The Balaban J connectivity index is 1.28. The van der Waals surface area contributed by atoms with Crippen LogP contribution in [0.5, 0.6) is 0 Å². The Morgan fingerprint density at radius 2 is 2.25 bits per heavy atom. The summed E-state index contributed by atoms with van der Waals surface area (Å²) in [7, 11) is 0. The van der Waals surface area contributed by atoms with Gasteiger partial charge in [-0.25, -0.2) is 9.78 Å². The lowest BCUT2D eigenvalue weighted by molar-refractivity contribution is -0.163. The lowest BCUT2D eigenvalue weighted by atomic mass is 9.79. The quantitative estimate of drug-likeness (QED) is 0.398. The van der Waals surface area contributed by atoms with E-state index in [0.29, 0.717) is 6.04 Å². The first kappa shape index (κ1) is 22.3. The highest BCUT2D eigenvalue weighted by Gasteiger charge is 2.60. The van der Waals surface area contributed by atoms with E-state index < -0.39 is 18.0 Å². The number of aliphatic hydroxyl groups is 1. The molecule has 6 atom stereocenters. The van der Waals surface area contributed by atoms with E-state index in [4.69, 9.17) is 0 Å². The second-order valence-electron chi connectivity index (χ2n) is 8.71. The molecule has 1 amide bonds. The second kappa shape index (κ2) is 8.35. The second-order valence-corrected chi connectivity index (χ2v) is 12.0. The van der Waals surface area contributed by atoms with Gasteiger partial charge in [-0.3, -0.25) is 9.20 Å². The molecule has 3 N–H and O–H groups in total. The Bertz CT molecular complexity index is 1110. The van der Waals surface area contributed by atoms with Crippen molar-refractivity contribution in [3.05, 3.63) is 27.9 Å². The van der Waals surface area contributed by atoms with Crippen LogP contribution in [0.25, 0.3) is 4.83 Å². The highest BCUT2D eigenvalue weighted by atomic mass is 32.2. The standard InChI is InChI=1S/C21H26N4O4S3/c1-9-16-15(10(2)26)19(27)25(16)17(20(28)29)18(9)32-12-4-11(22-6-12)5-13-8-24-14(31-13)7-23-21(24)30-3/h7-12,15-16,22,26H,4-6H2,1-3H3,(H,28,29)/t9-,10-,11+,12+,15-,16-/m1/s1. The van der Waals surface area contributed by atoms with E-state index in [1.54, 1.807) is 41.8 Å². The number of thioether (sulfide) groups is 2. The van der Waals surface area contributed by atoms with Gasteiger partial charge in [0.05, 0.1) is 24.3 Å². The number of aliphatic hydroxyl groups excluding tert-OH is 1. The average Bonchev–Trinajstić information content (AvgIpc) is 3.46. The number of nitrogens with one attached hydrogen (secondary N) is 1. The smallest absolute Gasteiger partial charge is 0.353 e. The van der Waals surface area contributed by atoms with Crippen LogP contribution in [0.4, 0.5) is 0 Å². The van der Waals surface area contributed by atoms with Crippen molar-refractivity contribution in [1.29, 1.82) is 0 Å². The Hall–Kier alpha value is -1.53. The molecule has 0 aliphatic carbocycles. The molecule has 8 nitrogen and oxygen atoms in total. The molecule has 5 heterocycles. The van der Waals surface area contributed by atoms with Gasteiger partial charge in [0.2, 0.25) is 5.91 Å². The Morgan fingerprint density at radius 1 is 1.47 bits per heavy atom. The molecule has 172 valence electrons. The fourth-order valence-electron chi connectivity index (χ4n) is 5.20. The van der Waals surface area contributed by atoms with Crippen molar-refractivity contribution in [3.63, 3.8) is 0 Å². The molecule has 32 heavy (non-hydrogen) atoms. The van der Waals surface area contributed by atoms with Crippen LogP contribution in [0.2, 0.25) is 0 Å². The van der Waals surface area contributed by atoms with Crippen LogP contribution in [-0.2, 0) is 16.0 Å². The number of rotatable bonds is 7. The molecule has 2 aromatic rings. The number of aliphatic carboxylic acids is 1. The molecule has 0 aromatic carbocycles. The van der Waals surface area contributed by atoms with Crippen LogP contribution in [-0.4, -0.2) is 72.6 Å². The lowest BCUT2D eigenvalue weighted by Crippen LogP contribution is -2.63. The number of amides is 1. The maximum absolute atomic E-state index is 12.5. The number of nitrogens with zero attached hydrogens (tertiary/aromatic N) is 3. The number of thiazole rings is 1. The first-order chi connectivity index (χ1) is 15.3. The zero-order valence-corrected chi connectivity index (χ0v) is 20.5. The molecule has 2 aromatic heterocycles. The number of fused-ring (bicyclic) bond motifs is 2. The number of hydrogen-bond acceptors (Lipinski definition) is 8. The normalized spacial score (nSPS) is 30.8. The Kier molecular flexibility index (Phi) is 5.81. The van der Waals surface area contributed by atoms with Crippen molar-refractivity contribution in [2.75, 3.05) is 12.8 Å². The Morgan fingerprint density at radius 3 is 2.94 bits per heavy atom. The minimum Gasteiger partial charge on any atom is -0.477 e. The fourth-order valence-corrected chi connectivity index (χ4v) is 8.34. The van der Waals surface area contributed by atoms with E-state index >= 15 is 0 Å². The van der Waals surface area contributed by atoms with Gasteiger partial charge in [0, 0.05) is 39.7 Å². The molecule has 0 spiro atoms. The molecular weight excluding hydrogens is 468 g/mol. The molecule has 11 heteroatoms. The van der Waals surface area contributed by atoms with Gasteiger partial charge < -0.3 is 20.4 Å². The number of carboxylic acid groups (broad SMARTS) is 1. The van der Waals surface area contributed by atoms with Crippen LogP contribution in [0.3, 0.4) is 0 Å². The van der Waals surface area contributed by atoms with Crippen LogP contribution < -0.4 is 5.32 Å². The molecule has 2 fully saturated rings. The first-order valence-electron chi connectivity index (χ1n) is 10.7. The lowest BCUT2D eigenvalue weighted by Gasteiger charge is -2.46. The molecule has 3 aliphatic rings. The van der Waals surface area contributed by atoms with Crippen molar-refractivity contribution < 1.29 is 19.8 Å². The number of imidazole rings is 1. The van der Waals surface area contributed by atoms with Gasteiger partial charge >= 0.3 is 5.97 Å². The van der Waals surface area contributed by atoms with Gasteiger partial charge in [0.15, 0.2) is 5.16 Å². The molecule has 0 radical (unpaired) electrons. The van der Waals surface area contributed by atoms with Gasteiger partial charge in [-0.1, -0.05) is 18.7 Å². The molecular formula is C21H26N4O4S3. The predicted molar refractivity (Wildman–Crippen MR) is 126 cm³/mol. The number of carbonyl (C=O) groups is 2. The number of carboxylic acids is 1. The van der Waals surface area contributed by atoms with E-state index in [-0.39, 0.29) is 28.8 Å². The maximum atomic E-state index is 12.5. The third-order valence-corrected chi connectivity index (χ3v) is 9.88. The van der Waals surface area contributed by atoms with E-state index in [0.717, 1.165) is 34.3 Å². The summed E-state index contributed by atoms with van der Waals surface area (Å²) in [5.41, 5.74) is 0.114. The average molecular weight is 495 g/mol. The zero-order chi connectivity index (χ0) is 22.7. The van der Waals surface area contributed by atoms with Crippen molar-refractivity contribution in [3.8, 4) is 0 Å². The highest BCUT2D eigenvalue weighted by molar-refractivity contribution is 8.03. The van der Waals surface area contributed by atoms with Gasteiger partial charge in [-0.15, -0.1) is 23.1 Å². The summed E-state index contributed by atoms with van der Waals surface area (Å²) in [5, 5.41) is 24.7. The molecule has 0 bridgehead atoms. The predicted octanol–water partition coefficient (Wildman–Crippen LogP) is 2.28. The van der Waals surface area contributed by atoms with Crippen LogP contribution in [0.1, 0.15) is 25.1 Å². The Labute approximate surface area is 198 Å². The topological polar surface area (TPSA) is 107 Å². The third kappa shape index (κ3) is 3.49. The first-order valence-corrected chi connectivity index (χ1v) is 13.6. The summed E-state index contributed by atoms with van der Waals surface area (Å²) >= 11 is 4.98. The van der Waals surface area contributed by atoms with Crippen LogP contribution in [0.15, 0.2) is 28.2 Å². The molecule has 0 saturated carbocycles. The fraction of sp³-hybridized carbons (Fsp3) is 0.571. The highest BCUT2D eigenvalue weighted by Crippen LogP contribution is 2.51. The van der Waals surface area contributed by atoms with Crippen LogP contribution >= 0.6 is 34.9 Å². The van der Waals surface area contributed by atoms with Gasteiger partial charge in [-0.2, -0.15) is 0 Å². The summed E-state index contributed by atoms with van der Waals surface area (Å²) in [6, 6.07) is 0.0753. The van der Waals surface area contributed by atoms with Gasteiger partial charge in [0.1, 0.15) is 10.5 Å². The number of carbonyl (C=O) groups excluding carboxylic acids is 1. The number of hydrogen-bond donors (Lipinski definition) is 3. The SMILES string of the molecule is CSc1ncc2sc(C[C@@H]3C[C@H](SC4=C(C(=O)O)N5C(=O)[C@H]([C@@H](C)O)[C@H]5[C@H]4C)CN3)cn12. The summed E-state index contributed by atoms with van der Waals surface area (Å²) in [6.07, 6.45) is 7.19. The monoisotopic (exact) mass is 494 g/mol. The van der Waals surface area contributed by atoms with Crippen LogP contribution in [0, 0.1) is 11.8 Å². The third-order valence-electron chi connectivity index (χ3n) is 6.65. The minimum atomic E-state index is -1.06. The van der Waals surface area contributed by atoms with Crippen molar-refractivity contribution in [2.24, 2.45) is 11.8 Å².